The lowest BCUT2D eigenvalue weighted by atomic mass is 9.86. The monoisotopic (exact) mass is 259 g/mol. The van der Waals surface area contributed by atoms with Crippen molar-refractivity contribution in [2.75, 3.05) is 13.1 Å². The average molecular weight is 259 g/mol. The van der Waals surface area contributed by atoms with Gasteiger partial charge in [-0.15, -0.1) is 0 Å². The summed E-state index contributed by atoms with van der Waals surface area (Å²) in [7, 11) is 0. The van der Waals surface area contributed by atoms with E-state index in [1.807, 2.05) is 6.07 Å². The summed E-state index contributed by atoms with van der Waals surface area (Å²) in [5.74, 6) is -0.0873. The van der Waals surface area contributed by atoms with Crippen molar-refractivity contribution in [2.45, 2.75) is 38.1 Å². The zero-order valence-corrected chi connectivity index (χ0v) is 11.2. The van der Waals surface area contributed by atoms with Gasteiger partial charge in [-0.2, -0.15) is 0 Å². The maximum Gasteiger partial charge on any atom is 0.157 e. The predicted molar refractivity (Wildman–Crippen MR) is 76.2 cm³/mol. The number of rotatable bonds is 2. The summed E-state index contributed by atoms with van der Waals surface area (Å²) >= 11 is 0. The van der Waals surface area contributed by atoms with Crippen molar-refractivity contribution in [2.24, 2.45) is 0 Å². The molecule has 0 bridgehead atoms. The molecule has 1 atom stereocenters. The van der Waals surface area contributed by atoms with Crippen molar-refractivity contribution in [1.29, 1.82) is 0 Å². The summed E-state index contributed by atoms with van der Waals surface area (Å²) in [6.45, 7) is 2.45. The summed E-state index contributed by atoms with van der Waals surface area (Å²) in [6.07, 6.45) is 8.52. The van der Waals surface area contributed by atoms with Crippen molar-refractivity contribution >= 4 is 6.08 Å². The van der Waals surface area contributed by atoms with Crippen LogP contribution in [0.2, 0.25) is 0 Å². The molecule has 1 aromatic rings. The van der Waals surface area contributed by atoms with E-state index in [2.05, 4.69) is 11.0 Å². The molecule has 3 nitrogen and oxygen atoms in total. The molecule has 102 valence electrons. The number of benzene rings is 1. The maximum atomic E-state index is 9.57. The van der Waals surface area contributed by atoms with Crippen LogP contribution in [0.5, 0.6) is 11.5 Å². The van der Waals surface area contributed by atoms with E-state index in [0.29, 0.717) is 6.04 Å². The van der Waals surface area contributed by atoms with Crippen LogP contribution in [0, 0.1) is 0 Å². The quantitative estimate of drug-likeness (QED) is 0.802. The lowest BCUT2D eigenvalue weighted by Crippen LogP contribution is -2.46. The van der Waals surface area contributed by atoms with Crippen LogP contribution in [0.15, 0.2) is 23.8 Å². The van der Waals surface area contributed by atoms with Gasteiger partial charge in [0, 0.05) is 6.04 Å². The van der Waals surface area contributed by atoms with Gasteiger partial charge < -0.3 is 10.2 Å². The Hall–Kier alpha value is -1.48. The SMILES string of the molecule is Oc1ccc(/C=C2\CCCCC2N2CCC2)cc1O. The van der Waals surface area contributed by atoms with Crippen molar-refractivity contribution < 1.29 is 10.2 Å². The van der Waals surface area contributed by atoms with Crippen molar-refractivity contribution in [3.63, 3.8) is 0 Å². The van der Waals surface area contributed by atoms with Crippen LogP contribution < -0.4 is 0 Å². The van der Waals surface area contributed by atoms with Crippen LogP contribution in [0.4, 0.5) is 0 Å². The molecule has 1 aliphatic heterocycles. The standard InChI is InChI=1S/C16H21NO2/c18-15-7-6-12(11-16(15)19)10-13-4-1-2-5-14(13)17-8-3-9-17/h6-7,10-11,14,18-19H,1-5,8-9H2/b13-10+. The number of likely N-dealkylation sites (tertiary alicyclic amines) is 1. The summed E-state index contributed by atoms with van der Waals surface area (Å²) in [5, 5.41) is 18.9. The van der Waals surface area contributed by atoms with E-state index in [9.17, 15) is 10.2 Å². The summed E-state index contributed by atoms with van der Waals surface area (Å²) in [6, 6.07) is 5.66. The molecule has 2 aliphatic rings. The second-order valence-electron chi connectivity index (χ2n) is 5.62. The topological polar surface area (TPSA) is 43.7 Å². The Balaban J connectivity index is 1.84. The zero-order valence-electron chi connectivity index (χ0n) is 11.2. The van der Waals surface area contributed by atoms with Gasteiger partial charge in [-0.1, -0.05) is 24.1 Å². The third-order valence-corrected chi connectivity index (χ3v) is 4.30. The largest absolute Gasteiger partial charge is 0.504 e. The second kappa shape index (κ2) is 5.25. The Labute approximate surface area is 114 Å². The van der Waals surface area contributed by atoms with Crippen LogP contribution in [0.25, 0.3) is 6.08 Å². The van der Waals surface area contributed by atoms with Crippen LogP contribution in [-0.2, 0) is 0 Å². The molecule has 19 heavy (non-hydrogen) atoms. The molecular formula is C16H21NO2. The summed E-state index contributed by atoms with van der Waals surface area (Å²) < 4.78 is 0. The Morgan fingerprint density at radius 2 is 1.89 bits per heavy atom. The molecular weight excluding hydrogens is 238 g/mol. The fourth-order valence-electron chi connectivity index (χ4n) is 3.10. The highest BCUT2D eigenvalue weighted by Crippen LogP contribution is 2.33. The first-order chi connectivity index (χ1) is 9.24. The minimum absolute atomic E-state index is 0.0364. The first-order valence-corrected chi connectivity index (χ1v) is 7.20. The van der Waals surface area contributed by atoms with Gasteiger partial charge in [0.2, 0.25) is 0 Å². The zero-order chi connectivity index (χ0) is 13.2. The van der Waals surface area contributed by atoms with Gasteiger partial charge in [-0.3, -0.25) is 4.90 Å². The molecule has 0 amide bonds. The van der Waals surface area contributed by atoms with Gasteiger partial charge in [0.25, 0.3) is 0 Å². The molecule has 3 heteroatoms. The molecule has 2 fully saturated rings. The molecule has 0 aromatic heterocycles. The van der Waals surface area contributed by atoms with Crippen LogP contribution in [0.3, 0.4) is 0 Å². The molecule has 0 spiro atoms. The third-order valence-electron chi connectivity index (χ3n) is 4.30. The van der Waals surface area contributed by atoms with Gasteiger partial charge in [0.1, 0.15) is 0 Å². The second-order valence-corrected chi connectivity index (χ2v) is 5.62. The van der Waals surface area contributed by atoms with Crippen molar-refractivity contribution in [3.05, 3.63) is 29.3 Å². The maximum absolute atomic E-state index is 9.57. The molecule has 3 rings (SSSR count). The highest BCUT2D eigenvalue weighted by molar-refractivity contribution is 5.58. The van der Waals surface area contributed by atoms with E-state index in [4.69, 9.17) is 0 Å². The van der Waals surface area contributed by atoms with Crippen LogP contribution in [0.1, 0.15) is 37.7 Å². The average Bonchev–Trinajstić information content (AvgIpc) is 2.34. The fraction of sp³-hybridized carbons (Fsp3) is 0.500. The number of nitrogens with zero attached hydrogens (tertiary/aromatic N) is 1. The van der Waals surface area contributed by atoms with Gasteiger partial charge in [0.15, 0.2) is 11.5 Å². The van der Waals surface area contributed by atoms with E-state index in [0.717, 1.165) is 12.0 Å². The number of hydrogen-bond donors (Lipinski definition) is 2. The Bertz CT molecular complexity index is 492. The van der Waals surface area contributed by atoms with Crippen LogP contribution >= 0.6 is 0 Å². The van der Waals surface area contributed by atoms with E-state index >= 15 is 0 Å². The molecule has 1 aromatic carbocycles. The predicted octanol–water partition coefficient (Wildman–Crippen LogP) is 3.13. The van der Waals surface area contributed by atoms with Gasteiger partial charge >= 0.3 is 0 Å². The molecule has 1 heterocycles. The Morgan fingerprint density at radius 1 is 1.05 bits per heavy atom. The molecule has 1 unspecified atom stereocenters. The minimum atomic E-state index is -0.0508. The number of phenolic OH excluding ortho intramolecular Hbond substituents is 2. The lowest BCUT2D eigenvalue weighted by molar-refractivity contribution is 0.121. The molecule has 0 radical (unpaired) electrons. The van der Waals surface area contributed by atoms with Crippen molar-refractivity contribution in [1.82, 2.24) is 4.90 Å². The highest BCUT2D eigenvalue weighted by Gasteiger charge is 2.28. The summed E-state index contributed by atoms with van der Waals surface area (Å²) in [5.41, 5.74) is 2.47. The Morgan fingerprint density at radius 3 is 2.58 bits per heavy atom. The number of aromatic hydroxyl groups is 2. The van der Waals surface area contributed by atoms with E-state index in [1.54, 1.807) is 12.1 Å². The number of hydrogen-bond acceptors (Lipinski definition) is 3. The van der Waals surface area contributed by atoms with Crippen molar-refractivity contribution in [3.8, 4) is 11.5 Å². The smallest absolute Gasteiger partial charge is 0.157 e. The Kier molecular flexibility index (Phi) is 3.47. The first-order valence-electron chi connectivity index (χ1n) is 7.20. The van der Waals surface area contributed by atoms with E-state index in [1.165, 1.54) is 44.3 Å². The van der Waals surface area contributed by atoms with E-state index < -0.39 is 0 Å². The fourth-order valence-corrected chi connectivity index (χ4v) is 3.10. The van der Waals surface area contributed by atoms with Crippen LogP contribution in [-0.4, -0.2) is 34.2 Å². The highest BCUT2D eigenvalue weighted by atomic mass is 16.3. The molecule has 2 N–H and O–H groups in total. The van der Waals surface area contributed by atoms with Gasteiger partial charge in [-0.25, -0.2) is 0 Å². The minimum Gasteiger partial charge on any atom is -0.504 e. The normalized spacial score (nSPS) is 26.3. The molecule has 1 saturated heterocycles. The molecule has 1 saturated carbocycles. The third kappa shape index (κ3) is 2.61. The number of phenols is 2. The van der Waals surface area contributed by atoms with Gasteiger partial charge in [0.05, 0.1) is 0 Å². The lowest BCUT2D eigenvalue weighted by Gasteiger charge is -2.42. The molecule has 1 aliphatic carbocycles. The first kappa shape index (κ1) is 12.5. The van der Waals surface area contributed by atoms with E-state index in [-0.39, 0.29) is 11.5 Å². The summed E-state index contributed by atoms with van der Waals surface area (Å²) in [4.78, 5) is 2.56. The van der Waals surface area contributed by atoms with Gasteiger partial charge in [-0.05, 0) is 56.5 Å².